The Bertz CT molecular complexity index is 991. The van der Waals surface area contributed by atoms with E-state index in [0.717, 1.165) is 24.0 Å². The van der Waals surface area contributed by atoms with Crippen LogP contribution in [0.15, 0.2) is 48.5 Å². The van der Waals surface area contributed by atoms with E-state index in [1.165, 1.54) is 11.1 Å². The Morgan fingerprint density at radius 2 is 1.67 bits per heavy atom. The molecule has 7 nitrogen and oxygen atoms in total. The predicted molar refractivity (Wildman–Crippen MR) is 124 cm³/mol. The summed E-state index contributed by atoms with van der Waals surface area (Å²) in [6.07, 6.45) is 2.03. The Morgan fingerprint density at radius 3 is 2.30 bits per heavy atom. The summed E-state index contributed by atoms with van der Waals surface area (Å²) in [5.74, 6) is -0.845. The van der Waals surface area contributed by atoms with E-state index in [1.54, 1.807) is 6.92 Å². The summed E-state index contributed by atoms with van der Waals surface area (Å²) >= 11 is 0. The number of ether oxygens (including phenoxy) is 1. The fourth-order valence-corrected chi connectivity index (χ4v) is 5.10. The van der Waals surface area contributed by atoms with Crippen molar-refractivity contribution in [2.24, 2.45) is 5.92 Å². The highest BCUT2D eigenvalue weighted by atomic mass is 16.5. The number of benzene rings is 2. The van der Waals surface area contributed by atoms with Gasteiger partial charge in [0.25, 0.3) is 0 Å². The van der Waals surface area contributed by atoms with Crippen LogP contribution in [0.2, 0.25) is 0 Å². The molecule has 0 aromatic heterocycles. The summed E-state index contributed by atoms with van der Waals surface area (Å²) < 4.78 is 5.54. The topological polar surface area (TPSA) is 105 Å². The highest BCUT2D eigenvalue weighted by Gasteiger charge is 2.30. The van der Waals surface area contributed by atoms with Gasteiger partial charge in [0, 0.05) is 30.8 Å². The van der Waals surface area contributed by atoms with E-state index in [0.29, 0.717) is 6.42 Å². The molecule has 3 atom stereocenters. The number of carbonyl (C=O) groups is 3. The summed E-state index contributed by atoms with van der Waals surface area (Å²) in [5, 5.41) is 14.6. The largest absolute Gasteiger partial charge is 0.481 e. The number of aliphatic carboxylic acids is 1. The number of nitrogens with one attached hydrogen (secondary N) is 2. The molecule has 2 amide bonds. The van der Waals surface area contributed by atoms with Crippen molar-refractivity contribution in [2.45, 2.75) is 57.0 Å². The number of hydrogen-bond acceptors (Lipinski definition) is 4. The van der Waals surface area contributed by atoms with Crippen molar-refractivity contribution >= 4 is 18.0 Å². The van der Waals surface area contributed by atoms with Crippen LogP contribution in [0.1, 0.15) is 56.1 Å². The Balaban J connectivity index is 1.23. The highest BCUT2D eigenvalue weighted by molar-refractivity contribution is 5.79. The molecule has 2 aliphatic carbocycles. The monoisotopic (exact) mass is 450 g/mol. The first-order valence-electron chi connectivity index (χ1n) is 11.5. The molecule has 2 aliphatic rings. The first-order valence-corrected chi connectivity index (χ1v) is 11.5. The number of fused-ring (bicyclic) bond motifs is 3. The number of alkyl carbamates (subject to hydrolysis) is 1. The van der Waals surface area contributed by atoms with Gasteiger partial charge in [0.15, 0.2) is 0 Å². The molecule has 1 fully saturated rings. The highest BCUT2D eigenvalue weighted by Crippen LogP contribution is 2.44. The van der Waals surface area contributed by atoms with Crippen molar-refractivity contribution in [3.05, 3.63) is 59.7 Å². The normalized spacial score (nSPS) is 19.9. The van der Waals surface area contributed by atoms with Crippen LogP contribution in [0.5, 0.6) is 0 Å². The van der Waals surface area contributed by atoms with Gasteiger partial charge in [-0.3, -0.25) is 9.59 Å². The minimum atomic E-state index is -0.798. The summed E-state index contributed by atoms with van der Waals surface area (Å²) in [4.78, 5) is 35.6. The molecule has 0 aliphatic heterocycles. The number of hydrogen-bond donors (Lipinski definition) is 3. The molecule has 174 valence electrons. The van der Waals surface area contributed by atoms with Crippen LogP contribution < -0.4 is 10.6 Å². The van der Waals surface area contributed by atoms with E-state index in [4.69, 9.17) is 9.84 Å². The minimum Gasteiger partial charge on any atom is -0.481 e. The lowest BCUT2D eigenvalue weighted by Gasteiger charge is -2.18. The number of amides is 2. The quantitative estimate of drug-likeness (QED) is 0.563. The zero-order valence-corrected chi connectivity index (χ0v) is 18.8. The van der Waals surface area contributed by atoms with Crippen molar-refractivity contribution in [3.63, 3.8) is 0 Å². The lowest BCUT2D eigenvalue weighted by molar-refractivity contribution is -0.138. The van der Waals surface area contributed by atoms with Gasteiger partial charge in [-0.25, -0.2) is 4.79 Å². The lowest BCUT2D eigenvalue weighted by atomic mass is 9.98. The second-order valence-corrected chi connectivity index (χ2v) is 9.12. The van der Waals surface area contributed by atoms with Gasteiger partial charge in [-0.05, 0) is 54.4 Å². The number of carboxylic acid groups (broad SMARTS) is 1. The molecule has 0 spiro atoms. The molecule has 33 heavy (non-hydrogen) atoms. The van der Waals surface area contributed by atoms with Gasteiger partial charge >= 0.3 is 12.1 Å². The zero-order chi connectivity index (χ0) is 23.4. The fraction of sp³-hybridized carbons (Fsp3) is 0.423. The molecular formula is C26H30N2O5. The van der Waals surface area contributed by atoms with E-state index in [2.05, 4.69) is 34.9 Å². The van der Waals surface area contributed by atoms with Crippen LogP contribution in [0.3, 0.4) is 0 Å². The molecule has 2 aromatic rings. The maximum atomic E-state index is 12.4. The number of carboxylic acids is 1. The van der Waals surface area contributed by atoms with Crippen molar-refractivity contribution in [3.8, 4) is 11.1 Å². The average molecular weight is 451 g/mol. The van der Waals surface area contributed by atoms with Crippen LogP contribution >= 0.6 is 0 Å². The maximum Gasteiger partial charge on any atom is 0.407 e. The van der Waals surface area contributed by atoms with Gasteiger partial charge < -0.3 is 20.5 Å². The number of rotatable bonds is 8. The van der Waals surface area contributed by atoms with Gasteiger partial charge in [-0.1, -0.05) is 48.5 Å². The standard InChI is InChI=1S/C26H30N2O5/c1-16(12-24(29)28-18-11-10-17(13-18)14-25(30)31)27-26(32)33-15-23-21-8-4-2-6-19(21)20-7-3-5-9-22(20)23/h2-9,16-18,23H,10-15H2,1H3,(H,27,32)(H,28,29)(H,30,31)/t16?,17-,18+/m0/s1. The van der Waals surface area contributed by atoms with Gasteiger partial charge in [-0.15, -0.1) is 0 Å². The van der Waals surface area contributed by atoms with Crippen molar-refractivity contribution in [2.75, 3.05) is 6.61 Å². The smallest absolute Gasteiger partial charge is 0.407 e. The van der Waals surface area contributed by atoms with E-state index < -0.39 is 12.1 Å². The molecule has 1 unspecified atom stereocenters. The lowest BCUT2D eigenvalue weighted by Crippen LogP contribution is -2.40. The Kier molecular flexibility index (Phi) is 6.96. The Morgan fingerprint density at radius 1 is 1.03 bits per heavy atom. The Labute approximate surface area is 193 Å². The summed E-state index contributed by atoms with van der Waals surface area (Å²) in [6.45, 7) is 1.99. The molecule has 0 bridgehead atoms. The molecule has 0 radical (unpaired) electrons. The molecular weight excluding hydrogens is 420 g/mol. The minimum absolute atomic E-state index is 0.00324. The van der Waals surface area contributed by atoms with E-state index in [1.807, 2.05) is 24.3 Å². The summed E-state index contributed by atoms with van der Waals surface area (Å²) in [6, 6.07) is 15.9. The van der Waals surface area contributed by atoms with Crippen molar-refractivity contribution in [1.29, 1.82) is 0 Å². The van der Waals surface area contributed by atoms with Crippen LogP contribution in [0.4, 0.5) is 4.79 Å². The predicted octanol–water partition coefficient (Wildman–Crippen LogP) is 4.06. The van der Waals surface area contributed by atoms with Crippen LogP contribution in [0.25, 0.3) is 11.1 Å². The number of carbonyl (C=O) groups excluding carboxylic acids is 2. The van der Waals surface area contributed by atoms with Gasteiger partial charge in [-0.2, -0.15) is 0 Å². The van der Waals surface area contributed by atoms with Gasteiger partial charge in [0.1, 0.15) is 6.61 Å². The van der Waals surface area contributed by atoms with E-state index in [9.17, 15) is 14.4 Å². The van der Waals surface area contributed by atoms with Gasteiger partial charge in [0.05, 0.1) is 0 Å². The summed E-state index contributed by atoms with van der Waals surface area (Å²) in [7, 11) is 0. The molecule has 4 rings (SSSR count). The molecule has 2 aromatic carbocycles. The van der Waals surface area contributed by atoms with E-state index >= 15 is 0 Å². The van der Waals surface area contributed by atoms with E-state index in [-0.39, 0.29) is 49.3 Å². The van der Waals surface area contributed by atoms with Crippen LogP contribution in [-0.4, -0.2) is 41.8 Å². The van der Waals surface area contributed by atoms with Crippen LogP contribution in [-0.2, 0) is 14.3 Å². The third-order valence-corrected chi connectivity index (χ3v) is 6.57. The first kappa shape index (κ1) is 22.8. The molecule has 0 heterocycles. The second kappa shape index (κ2) is 10.1. The zero-order valence-electron chi connectivity index (χ0n) is 18.8. The summed E-state index contributed by atoms with van der Waals surface area (Å²) in [5.41, 5.74) is 4.64. The van der Waals surface area contributed by atoms with Crippen LogP contribution in [0, 0.1) is 5.92 Å². The molecule has 3 N–H and O–H groups in total. The molecule has 0 saturated heterocycles. The SMILES string of the molecule is CC(CC(=O)N[C@@H]1CC[C@H](CC(=O)O)C1)NC(=O)OCC1c2ccccc2-c2ccccc21. The fourth-order valence-electron chi connectivity index (χ4n) is 5.10. The third kappa shape index (κ3) is 5.53. The molecule has 1 saturated carbocycles. The first-order chi connectivity index (χ1) is 15.9. The molecule has 7 heteroatoms. The van der Waals surface area contributed by atoms with Gasteiger partial charge in [0.2, 0.25) is 5.91 Å². The second-order valence-electron chi connectivity index (χ2n) is 9.12. The maximum absolute atomic E-state index is 12.4. The van der Waals surface area contributed by atoms with Crippen molar-refractivity contribution < 1.29 is 24.2 Å². The third-order valence-electron chi connectivity index (χ3n) is 6.57. The Hall–Kier alpha value is -3.35. The average Bonchev–Trinajstić information content (AvgIpc) is 3.33. The van der Waals surface area contributed by atoms with Crippen molar-refractivity contribution in [1.82, 2.24) is 10.6 Å².